The summed E-state index contributed by atoms with van der Waals surface area (Å²) in [5.74, 6) is 0.0210. The van der Waals surface area contributed by atoms with E-state index >= 15 is 0 Å². The van der Waals surface area contributed by atoms with Gasteiger partial charge in [-0.25, -0.2) is 4.79 Å². The molecule has 0 atom stereocenters. The van der Waals surface area contributed by atoms with E-state index in [4.69, 9.17) is 5.11 Å². The number of likely N-dealkylation sites (tertiary alicyclic amines) is 2. The topological polar surface area (TPSA) is 78.7 Å². The zero-order valence-corrected chi connectivity index (χ0v) is 16.7. The summed E-state index contributed by atoms with van der Waals surface area (Å²) in [6, 6.07) is 7.70. The van der Waals surface area contributed by atoms with E-state index < -0.39 is 6.09 Å². The van der Waals surface area contributed by atoms with Gasteiger partial charge in [0.15, 0.2) is 5.78 Å². The average molecular weight is 396 g/mol. The van der Waals surface area contributed by atoms with Crippen molar-refractivity contribution in [1.29, 1.82) is 0 Å². The number of carbonyl (C=O) groups is 2. The summed E-state index contributed by atoms with van der Waals surface area (Å²) in [5, 5.41) is 13.5. The Morgan fingerprint density at radius 2 is 1.66 bits per heavy atom. The fourth-order valence-corrected chi connectivity index (χ4v) is 4.28. The maximum absolute atomic E-state index is 12.8. The van der Waals surface area contributed by atoms with Crippen molar-refractivity contribution in [2.24, 2.45) is 5.92 Å². The lowest BCUT2D eigenvalue weighted by molar-refractivity contribution is 0.0821. The highest BCUT2D eigenvalue weighted by molar-refractivity contribution is 5.98. The van der Waals surface area contributed by atoms with Gasteiger partial charge < -0.3 is 14.9 Å². The third-order valence-corrected chi connectivity index (χ3v) is 6.12. The number of ketones is 1. The van der Waals surface area contributed by atoms with Crippen LogP contribution in [0.2, 0.25) is 0 Å². The van der Waals surface area contributed by atoms with Gasteiger partial charge in [-0.05, 0) is 44.3 Å². The molecule has 1 amide bonds. The molecular weight excluding hydrogens is 368 g/mol. The highest BCUT2D eigenvalue weighted by atomic mass is 16.4. The molecule has 7 nitrogen and oxygen atoms in total. The van der Waals surface area contributed by atoms with E-state index in [0.29, 0.717) is 31.5 Å². The monoisotopic (exact) mass is 396 g/mol. The van der Waals surface area contributed by atoms with E-state index in [1.807, 2.05) is 35.1 Å². The van der Waals surface area contributed by atoms with Crippen LogP contribution in [0.25, 0.3) is 11.1 Å². The van der Waals surface area contributed by atoms with Gasteiger partial charge in [-0.2, -0.15) is 5.10 Å². The molecule has 0 bridgehead atoms. The molecule has 2 saturated heterocycles. The molecule has 1 aromatic carbocycles. The van der Waals surface area contributed by atoms with Gasteiger partial charge in [0.2, 0.25) is 0 Å². The molecule has 2 fully saturated rings. The third-order valence-electron chi connectivity index (χ3n) is 6.12. The number of rotatable bonds is 6. The predicted octanol–water partition coefficient (Wildman–Crippen LogP) is 3.22. The molecule has 4 rings (SSSR count). The Labute approximate surface area is 170 Å². The highest BCUT2D eigenvalue weighted by Crippen LogP contribution is 2.24. The van der Waals surface area contributed by atoms with Crippen LogP contribution in [0.1, 0.15) is 36.0 Å². The van der Waals surface area contributed by atoms with E-state index in [2.05, 4.69) is 16.2 Å². The number of benzene rings is 1. The normalized spacial score (nSPS) is 18.3. The summed E-state index contributed by atoms with van der Waals surface area (Å²) in [4.78, 5) is 27.6. The molecule has 0 spiro atoms. The summed E-state index contributed by atoms with van der Waals surface area (Å²) in [5.41, 5.74) is 2.80. The smallest absolute Gasteiger partial charge is 0.407 e. The van der Waals surface area contributed by atoms with Crippen molar-refractivity contribution in [2.45, 2.75) is 32.2 Å². The molecule has 0 unspecified atom stereocenters. The number of hydrogen-bond donors (Lipinski definition) is 1. The molecule has 0 radical (unpaired) electrons. The Balaban J connectivity index is 1.34. The molecule has 29 heavy (non-hydrogen) atoms. The number of nitrogens with zero attached hydrogens (tertiary/aromatic N) is 4. The van der Waals surface area contributed by atoms with Gasteiger partial charge in [-0.15, -0.1) is 0 Å². The maximum Gasteiger partial charge on any atom is 0.407 e. The van der Waals surface area contributed by atoms with Crippen LogP contribution >= 0.6 is 0 Å². The zero-order valence-electron chi connectivity index (χ0n) is 16.7. The average Bonchev–Trinajstić information content (AvgIpc) is 3.44. The minimum Gasteiger partial charge on any atom is -0.465 e. The van der Waals surface area contributed by atoms with Crippen molar-refractivity contribution < 1.29 is 14.7 Å². The summed E-state index contributed by atoms with van der Waals surface area (Å²) in [7, 11) is 0. The SMILES string of the molecule is O=C(c1ccc(-c2cnn(CCN3CCCC3)c2)cc1)C1CCN(C(=O)O)CC1. The number of carbonyl (C=O) groups excluding carboxylic acids is 1. The largest absolute Gasteiger partial charge is 0.465 e. The Bertz CT molecular complexity index is 847. The molecular formula is C22H28N4O3. The summed E-state index contributed by atoms with van der Waals surface area (Å²) in [6.45, 7) is 5.18. The van der Waals surface area contributed by atoms with Gasteiger partial charge in [0.1, 0.15) is 0 Å². The van der Waals surface area contributed by atoms with Crippen molar-refractivity contribution in [3.05, 3.63) is 42.2 Å². The summed E-state index contributed by atoms with van der Waals surface area (Å²) >= 11 is 0. The molecule has 2 aliphatic rings. The van der Waals surface area contributed by atoms with E-state index in [-0.39, 0.29) is 11.7 Å². The zero-order chi connectivity index (χ0) is 20.2. The van der Waals surface area contributed by atoms with Gasteiger partial charge in [-0.3, -0.25) is 9.48 Å². The molecule has 3 heterocycles. The second-order valence-electron chi connectivity index (χ2n) is 8.03. The standard InChI is InChI=1S/C22H28N4O3/c27-21(19-7-11-25(12-8-19)22(28)29)18-5-3-17(4-6-18)20-15-23-26(16-20)14-13-24-9-1-2-10-24/h3-6,15-16,19H,1-2,7-14H2,(H,28,29). The van der Waals surface area contributed by atoms with Crippen LogP contribution in [0.3, 0.4) is 0 Å². The van der Waals surface area contributed by atoms with Crippen LogP contribution in [-0.2, 0) is 6.54 Å². The van der Waals surface area contributed by atoms with Gasteiger partial charge in [-0.1, -0.05) is 24.3 Å². The van der Waals surface area contributed by atoms with Crippen molar-refractivity contribution in [3.8, 4) is 11.1 Å². The fraction of sp³-hybridized carbons (Fsp3) is 0.500. The second-order valence-corrected chi connectivity index (χ2v) is 8.03. The van der Waals surface area contributed by atoms with Crippen molar-refractivity contribution in [2.75, 3.05) is 32.7 Å². The van der Waals surface area contributed by atoms with Gasteiger partial charge >= 0.3 is 6.09 Å². The van der Waals surface area contributed by atoms with Crippen LogP contribution in [0.5, 0.6) is 0 Å². The number of carboxylic acid groups (broad SMARTS) is 1. The van der Waals surface area contributed by atoms with Gasteiger partial charge in [0.05, 0.1) is 12.7 Å². The lowest BCUT2D eigenvalue weighted by Gasteiger charge is -2.29. The molecule has 0 aliphatic carbocycles. The quantitative estimate of drug-likeness (QED) is 0.759. The summed E-state index contributed by atoms with van der Waals surface area (Å²) in [6.07, 6.45) is 6.83. The summed E-state index contributed by atoms with van der Waals surface area (Å²) < 4.78 is 1.99. The maximum atomic E-state index is 12.8. The van der Waals surface area contributed by atoms with Crippen molar-refractivity contribution in [1.82, 2.24) is 19.6 Å². The first-order valence-corrected chi connectivity index (χ1v) is 10.5. The van der Waals surface area contributed by atoms with Crippen molar-refractivity contribution in [3.63, 3.8) is 0 Å². The first kappa shape index (κ1) is 19.6. The van der Waals surface area contributed by atoms with Gasteiger partial charge in [0.25, 0.3) is 0 Å². The van der Waals surface area contributed by atoms with Crippen LogP contribution in [0.4, 0.5) is 4.79 Å². The lowest BCUT2D eigenvalue weighted by atomic mass is 9.88. The number of amides is 1. The van der Waals surface area contributed by atoms with Gasteiger partial charge in [0, 0.05) is 42.9 Å². The van der Waals surface area contributed by atoms with Crippen LogP contribution < -0.4 is 0 Å². The molecule has 7 heteroatoms. The lowest BCUT2D eigenvalue weighted by Crippen LogP contribution is -2.39. The molecule has 1 aromatic heterocycles. The Kier molecular flexibility index (Phi) is 5.94. The van der Waals surface area contributed by atoms with E-state index in [1.54, 1.807) is 0 Å². The minimum atomic E-state index is -0.902. The molecule has 1 N–H and O–H groups in total. The first-order valence-electron chi connectivity index (χ1n) is 10.5. The Hall–Kier alpha value is -2.67. The van der Waals surface area contributed by atoms with Crippen LogP contribution in [-0.4, -0.2) is 69.3 Å². The number of hydrogen-bond acceptors (Lipinski definition) is 4. The van der Waals surface area contributed by atoms with Crippen molar-refractivity contribution >= 4 is 11.9 Å². The predicted molar refractivity (Wildman–Crippen MR) is 110 cm³/mol. The molecule has 2 aromatic rings. The fourth-order valence-electron chi connectivity index (χ4n) is 4.28. The first-order chi connectivity index (χ1) is 14.1. The Morgan fingerprint density at radius 3 is 2.31 bits per heavy atom. The minimum absolute atomic E-state index is 0.0928. The van der Waals surface area contributed by atoms with Crippen LogP contribution in [0, 0.1) is 5.92 Å². The van der Waals surface area contributed by atoms with Crippen LogP contribution in [0.15, 0.2) is 36.7 Å². The van der Waals surface area contributed by atoms with E-state index in [9.17, 15) is 9.59 Å². The molecule has 2 aliphatic heterocycles. The number of piperidine rings is 1. The second kappa shape index (κ2) is 8.78. The number of aromatic nitrogens is 2. The van der Waals surface area contributed by atoms with E-state index in [1.165, 1.54) is 30.8 Å². The highest BCUT2D eigenvalue weighted by Gasteiger charge is 2.27. The molecule has 0 saturated carbocycles. The number of Topliss-reactive ketones (excluding diaryl/α,β-unsaturated/α-hetero) is 1. The van der Waals surface area contributed by atoms with E-state index in [0.717, 1.165) is 24.2 Å². The molecule has 154 valence electrons. The third kappa shape index (κ3) is 4.67. The Morgan fingerprint density at radius 1 is 0.966 bits per heavy atom.